The molecule has 0 bridgehead atoms. The standard InChI is InChI=1S/C20H27N5O2S2/c1-11(2)8-9-15(26)22-17-16-18(23-19(21)29-16)25-20(24-17)28-12(3)13-6-5-7-14(10-13)27-4/h5-7,10-12,15,26H,8-9H2,1-4H3,(H3,21,22,23,24,25). The number of aromatic nitrogens is 3. The van der Waals surface area contributed by atoms with Crippen molar-refractivity contribution in [2.24, 2.45) is 5.92 Å². The molecule has 0 fully saturated rings. The molecule has 29 heavy (non-hydrogen) atoms. The summed E-state index contributed by atoms with van der Waals surface area (Å²) in [6, 6.07) is 7.94. The van der Waals surface area contributed by atoms with Crippen LogP contribution in [0.1, 0.15) is 44.4 Å². The lowest BCUT2D eigenvalue weighted by Gasteiger charge is -2.16. The molecule has 2 aromatic heterocycles. The molecule has 1 aromatic carbocycles. The first-order chi connectivity index (χ1) is 13.9. The molecule has 0 spiro atoms. The monoisotopic (exact) mass is 433 g/mol. The van der Waals surface area contributed by atoms with Crippen LogP contribution in [0, 0.1) is 5.92 Å². The van der Waals surface area contributed by atoms with Crippen LogP contribution in [-0.2, 0) is 0 Å². The first-order valence-corrected chi connectivity index (χ1v) is 11.2. The number of hydrogen-bond donors (Lipinski definition) is 3. The summed E-state index contributed by atoms with van der Waals surface area (Å²) in [5.41, 5.74) is 7.55. The molecule has 3 aromatic rings. The number of benzene rings is 1. The lowest BCUT2D eigenvalue weighted by atomic mass is 10.1. The smallest absolute Gasteiger partial charge is 0.192 e. The summed E-state index contributed by atoms with van der Waals surface area (Å²) in [6.45, 7) is 6.36. The Balaban J connectivity index is 1.84. The topological polar surface area (TPSA) is 106 Å². The Bertz CT molecular complexity index is 963. The fraction of sp³-hybridized carbons (Fsp3) is 0.450. The molecule has 2 heterocycles. The fourth-order valence-electron chi connectivity index (χ4n) is 2.81. The first kappa shape index (κ1) is 21.6. The summed E-state index contributed by atoms with van der Waals surface area (Å²) >= 11 is 2.84. The molecule has 0 amide bonds. The summed E-state index contributed by atoms with van der Waals surface area (Å²) in [5, 5.41) is 14.6. The number of anilines is 2. The predicted molar refractivity (Wildman–Crippen MR) is 121 cm³/mol. The maximum Gasteiger partial charge on any atom is 0.192 e. The van der Waals surface area contributed by atoms with E-state index in [2.05, 4.69) is 41.0 Å². The highest BCUT2D eigenvalue weighted by Crippen LogP contribution is 2.37. The van der Waals surface area contributed by atoms with Gasteiger partial charge in [0.2, 0.25) is 0 Å². The summed E-state index contributed by atoms with van der Waals surface area (Å²) in [4.78, 5) is 13.5. The van der Waals surface area contributed by atoms with E-state index in [1.807, 2.05) is 24.3 Å². The molecule has 0 saturated carbocycles. The summed E-state index contributed by atoms with van der Waals surface area (Å²) in [7, 11) is 1.66. The SMILES string of the molecule is COc1cccc(C(C)Sc2nc(NC(O)CCC(C)C)c3sc(N)nc3n2)c1. The van der Waals surface area contributed by atoms with Crippen molar-refractivity contribution in [1.82, 2.24) is 15.0 Å². The minimum atomic E-state index is -0.688. The van der Waals surface area contributed by atoms with Crippen LogP contribution < -0.4 is 15.8 Å². The molecule has 0 radical (unpaired) electrons. The average molecular weight is 434 g/mol. The van der Waals surface area contributed by atoms with Gasteiger partial charge in [-0.15, -0.1) is 0 Å². The summed E-state index contributed by atoms with van der Waals surface area (Å²) in [6.07, 6.45) is 0.870. The Kier molecular flexibility index (Phi) is 7.15. The third-order valence-electron chi connectivity index (χ3n) is 4.42. The second-order valence-corrected chi connectivity index (χ2v) is 9.57. The largest absolute Gasteiger partial charge is 0.497 e. The van der Waals surface area contributed by atoms with Gasteiger partial charge in [0.1, 0.15) is 16.7 Å². The highest BCUT2D eigenvalue weighted by Gasteiger charge is 2.18. The molecule has 0 aliphatic rings. The van der Waals surface area contributed by atoms with Crippen molar-refractivity contribution in [3.63, 3.8) is 0 Å². The van der Waals surface area contributed by atoms with Crippen molar-refractivity contribution in [1.29, 1.82) is 0 Å². The Hall–Kier alpha value is -2.10. The van der Waals surface area contributed by atoms with Crippen molar-refractivity contribution in [3.8, 4) is 5.75 Å². The van der Waals surface area contributed by atoms with Crippen molar-refractivity contribution in [2.75, 3.05) is 18.2 Å². The number of methoxy groups -OCH3 is 1. The second-order valence-electron chi connectivity index (χ2n) is 7.23. The third kappa shape index (κ3) is 5.71. The van der Waals surface area contributed by atoms with Crippen LogP contribution in [0.2, 0.25) is 0 Å². The molecule has 0 aliphatic heterocycles. The van der Waals surface area contributed by atoms with Crippen molar-refractivity contribution < 1.29 is 9.84 Å². The normalized spacial score (nSPS) is 13.6. The van der Waals surface area contributed by atoms with Gasteiger partial charge in [-0.3, -0.25) is 0 Å². The van der Waals surface area contributed by atoms with E-state index in [9.17, 15) is 5.11 Å². The summed E-state index contributed by atoms with van der Waals surface area (Å²) < 4.78 is 6.07. The number of nitrogen functional groups attached to an aromatic ring is 1. The van der Waals surface area contributed by atoms with E-state index < -0.39 is 6.23 Å². The van der Waals surface area contributed by atoms with Gasteiger partial charge in [0, 0.05) is 5.25 Å². The highest BCUT2D eigenvalue weighted by molar-refractivity contribution is 7.99. The molecule has 0 saturated heterocycles. The van der Waals surface area contributed by atoms with Crippen LogP contribution in [0.15, 0.2) is 29.4 Å². The number of hydrogen-bond acceptors (Lipinski definition) is 9. The van der Waals surface area contributed by atoms with E-state index in [1.165, 1.54) is 23.1 Å². The van der Waals surface area contributed by atoms with Crippen molar-refractivity contribution >= 4 is 44.4 Å². The van der Waals surface area contributed by atoms with Gasteiger partial charge in [-0.25, -0.2) is 15.0 Å². The van der Waals surface area contributed by atoms with E-state index in [-0.39, 0.29) is 5.25 Å². The van der Waals surface area contributed by atoms with Crippen LogP contribution in [0.25, 0.3) is 10.3 Å². The first-order valence-electron chi connectivity index (χ1n) is 9.55. The number of ether oxygens (including phenoxy) is 1. The lowest BCUT2D eigenvalue weighted by Crippen LogP contribution is -2.20. The van der Waals surface area contributed by atoms with Crippen molar-refractivity contribution in [3.05, 3.63) is 29.8 Å². The minimum absolute atomic E-state index is 0.109. The molecule has 4 N–H and O–H groups in total. The van der Waals surface area contributed by atoms with Crippen LogP contribution in [-0.4, -0.2) is 33.4 Å². The van der Waals surface area contributed by atoms with Gasteiger partial charge in [-0.1, -0.05) is 49.1 Å². The minimum Gasteiger partial charge on any atom is -0.497 e. The maximum atomic E-state index is 10.4. The lowest BCUT2D eigenvalue weighted by molar-refractivity contribution is 0.184. The molecule has 3 rings (SSSR count). The Morgan fingerprint density at radius 3 is 2.72 bits per heavy atom. The van der Waals surface area contributed by atoms with Crippen molar-refractivity contribution in [2.45, 2.75) is 50.2 Å². The number of thioether (sulfide) groups is 1. The molecule has 156 valence electrons. The highest BCUT2D eigenvalue weighted by atomic mass is 32.2. The van der Waals surface area contributed by atoms with Gasteiger partial charge < -0.3 is 20.9 Å². The van der Waals surface area contributed by atoms with Crippen LogP contribution in [0.5, 0.6) is 5.75 Å². The van der Waals surface area contributed by atoms with Gasteiger partial charge in [0.15, 0.2) is 21.8 Å². The molecule has 9 heteroatoms. The number of aliphatic hydroxyl groups excluding tert-OH is 1. The van der Waals surface area contributed by atoms with E-state index in [0.29, 0.717) is 34.1 Å². The van der Waals surface area contributed by atoms with Crippen LogP contribution in [0.4, 0.5) is 10.9 Å². The average Bonchev–Trinajstić information content (AvgIpc) is 3.07. The van der Waals surface area contributed by atoms with E-state index in [1.54, 1.807) is 7.11 Å². The molecule has 0 aliphatic carbocycles. The fourth-order valence-corrected chi connectivity index (χ4v) is 4.42. The number of nitrogens with zero attached hydrogens (tertiary/aromatic N) is 3. The second kappa shape index (κ2) is 9.60. The van der Waals surface area contributed by atoms with Gasteiger partial charge in [0.05, 0.1) is 7.11 Å². The maximum absolute atomic E-state index is 10.4. The Morgan fingerprint density at radius 1 is 1.21 bits per heavy atom. The van der Waals surface area contributed by atoms with Crippen LogP contribution >= 0.6 is 23.1 Å². The number of fused-ring (bicyclic) bond motifs is 1. The zero-order valence-corrected chi connectivity index (χ0v) is 18.7. The molecule has 2 unspecified atom stereocenters. The van der Waals surface area contributed by atoms with Gasteiger partial charge in [-0.2, -0.15) is 0 Å². The zero-order valence-electron chi connectivity index (χ0n) is 17.0. The third-order valence-corrected chi connectivity index (χ3v) is 6.32. The molecular weight excluding hydrogens is 406 g/mol. The van der Waals surface area contributed by atoms with Gasteiger partial charge in [-0.05, 0) is 43.4 Å². The van der Waals surface area contributed by atoms with Gasteiger partial charge >= 0.3 is 0 Å². The van der Waals surface area contributed by atoms with E-state index in [4.69, 9.17) is 10.5 Å². The number of thiazole rings is 1. The predicted octanol–water partition coefficient (Wildman–Crippen LogP) is 4.70. The van der Waals surface area contributed by atoms with E-state index >= 15 is 0 Å². The van der Waals surface area contributed by atoms with Gasteiger partial charge in [0.25, 0.3) is 0 Å². The van der Waals surface area contributed by atoms with Crippen LogP contribution in [0.3, 0.4) is 0 Å². The zero-order chi connectivity index (χ0) is 21.0. The number of aliphatic hydroxyl groups is 1. The Morgan fingerprint density at radius 2 is 2.00 bits per heavy atom. The quantitative estimate of drug-likeness (QED) is 0.253. The number of nitrogens with two attached hydrogens (primary N) is 1. The number of nitrogens with one attached hydrogen (secondary N) is 1. The Labute approximate surface area is 179 Å². The summed E-state index contributed by atoms with van der Waals surface area (Å²) in [5.74, 6) is 1.90. The molecule has 2 atom stereocenters. The van der Waals surface area contributed by atoms with E-state index in [0.717, 1.165) is 22.4 Å². The number of rotatable bonds is 9. The molecule has 7 nitrogen and oxygen atoms in total. The molecular formula is C20H27N5O2S2.